The Kier molecular flexibility index (Phi) is 9.24. The van der Waals surface area contributed by atoms with Gasteiger partial charge in [0.05, 0.1) is 24.8 Å². The second-order valence-corrected chi connectivity index (χ2v) is 6.81. The largest absolute Gasteiger partial charge is 0.376 e. The van der Waals surface area contributed by atoms with Crippen molar-refractivity contribution in [3.05, 3.63) is 71.3 Å². The molecule has 1 unspecified atom stereocenters. The highest BCUT2D eigenvalue weighted by atomic mass is 127. The van der Waals surface area contributed by atoms with Crippen LogP contribution in [-0.2, 0) is 17.9 Å². The van der Waals surface area contributed by atoms with E-state index in [4.69, 9.17) is 10.00 Å². The Labute approximate surface area is 184 Å². The number of hydrogen-bond acceptors (Lipinski definition) is 3. The fraction of sp³-hybridized carbons (Fsp3) is 0.364. The van der Waals surface area contributed by atoms with Gasteiger partial charge in [0.1, 0.15) is 0 Å². The van der Waals surface area contributed by atoms with Crippen LogP contribution >= 0.6 is 24.0 Å². The molecule has 28 heavy (non-hydrogen) atoms. The lowest BCUT2D eigenvalue weighted by Gasteiger charge is -2.22. The fourth-order valence-electron chi connectivity index (χ4n) is 3.29. The molecule has 6 heteroatoms. The van der Waals surface area contributed by atoms with E-state index in [-0.39, 0.29) is 24.0 Å². The molecule has 3 rings (SSSR count). The molecule has 0 amide bonds. The molecule has 1 atom stereocenters. The van der Waals surface area contributed by atoms with E-state index in [1.54, 1.807) is 0 Å². The van der Waals surface area contributed by atoms with Crippen LogP contribution in [0.15, 0.2) is 59.6 Å². The first kappa shape index (κ1) is 22.2. The van der Waals surface area contributed by atoms with Crippen LogP contribution in [0, 0.1) is 17.2 Å². The topological polar surface area (TPSA) is 60.7 Å². The quantitative estimate of drug-likeness (QED) is 0.381. The number of rotatable bonds is 6. The van der Waals surface area contributed by atoms with E-state index in [1.165, 1.54) is 5.56 Å². The van der Waals surface area contributed by atoms with Gasteiger partial charge in [-0.1, -0.05) is 42.5 Å². The van der Waals surface area contributed by atoms with Gasteiger partial charge < -0.3 is 15.0 Å². The Hall–Kier alpha value is -2.11. The monoisotopic (exact) mass is 490 g/mol. The fourth-order valence-corrected chi connectivity index (χ4v) is 3.29. The highest BCUT2D eigenvalue weighted by molar-refractivity contribution is 14.0. The molecule has 1 N–H and O–H groups in total. The first-order chi connectivity index (χ1) is 13.3. The van der Waals surface area contributed by atoms with Gasteiger partial charge in [0, 0.05) is 32.6 Å². The normalized spacial score (nSPS) is 16.4. The van der Waals surface area contributed by atoms with Crippen LogP contribution < -0.4 is 5.32 Å². The molecule has 1 fully saturated rings. The molecule has 0 spiro atoms. The number of nitrogens with one attached hydrogen (secondary N) is 1. The lowest BCUT2D eigenvalue weighted by Crippen LogP contribution is -2.39. The highest BCUT2D eigenvalue weighted by Crippen LogP contribution is 2.17. The zero-order chi connectivity index (χ0) is 18.9. The van der Waals surface area contributed by atoms with Crippen molar-refractivity contribution < 1.29 is 4.74 Å². The Bertz CT molecular complexity index is 786. The summed E-state index contributed by atoms with van der Waals surface area (Å²) in [6, 6.07) is 20.1. The number of hydrogen-bond donors (Lipinski definition) is 1. The minimum atomic E-state index is 0. The average molecular weight is 490 g/mol. The third-order valence-corrected chi connectivity index (χ3v) is 4.80. The lowest BCUT2D eigenvalue weighted by atomic mass is 10.1. The Morgan fingerprint density at radius 3 is 2.61 bits per heavy atom. The van der Waals surface area contributed by atoms with Gasteiger partial charge >= 0.3 is 0 Å². The van der Waals surface area contributed by atoms with E-state index >= 15 is 0 Å². The number of benzene rings is 2. The third kappa shape index (κ3) is 6.50. The molecular formula is C22H27IN4O. The number of nitrogens with zero attached hydrogens (tertiary/aromatic N) is 3. The lowest BCUT2D eigenvalue weighted by molar-refractivity contribution is 0.0906. The van der Waals surface area contributed by atoms with Crippen molar-refractivity contribution in [2.45, 2.75) is 19.6 Å². The van der Waals surface area contributed by atoms with Crippen LogP contribution in [0.3, 0.4) is 0 Å². The van der Waals surface area contributed by atoms with E-state index in [0.717, 1.165) is 37.6 Å². The first-order valence-corrected chi connectivity index (χ1v) is 9.35. The zero-order valence-electron chi connectivity index (χ0n) is 16.2. The summed E-state index contributed by atoms with van der Waals surface area (Å²) in [5, 5.41) is 12.3. The summed E-state index contributed by atoms with van der Waals surface area (Å²) in [7, 11) is 1.82. The van der Waals surface area contributed by atoms with Gasteiger partial charge in [0.2, 0.25) is 0 Å². The summed E-state index contributed by atoms with van der Waals surface area (Å²) >= 11 is 0. The molecular weight excluding hydrogens is 463 g/mol. The van der Waals surface area contributed by atoms with Crippen molar-refractivity contribution in [2.24, 2.45) is 10.9 Å². The van der Waals surface area contributed by atoms with Gasteiger partial charge in [-0.15, -0.1) is 24.0 Å². The summed E-state index contributed by atoms with van der Waals surface area (Å²) in [6.07, 6.45) is 1.12. The van der Waals surface area contributed by atoms with E-state index < -0.39 is 0 Å². The van der Waals surface area contributed by atoms with E-state index in [9.17, 15) is 0 Å². The third-order valence-electron chi connectivity index (χ3n) is 4.80. The van der Waals surface area contributed by atoms with Crippen molar-refractivity contribution >= 4 is 29.9 Å². The number of guanidine groups is 1. The molecule has 0 aromatic heterocycles. The average Bonchev–Trinajstić information content (AvgIpc) is 3.18. The van der Waals surface area contributed by atoms with Gasteiger partial charge in [-0.2, -0.15) is 5.26 Å². The summed E-state index contributed by atoms with van der Waals surface area (Å²) in [4.78, 5) is 6.71. The molecule has 5 nitrogen and oxygen atoms in total. The molecule has 148 valence electrons. The second-order valence-electron chi connectivity index (χ2n) is 6.81. The predicted molar refractivity (Wildman–Crippen MR) is 123 cm³/mol. The molecule has 1 heterocycles. The summed E-state index contributed by atoms with van der Waals surface area (Å²) in [6.45, 7) is 4.10. The molecule has 0 bridgehead atoms. The summed E-state index contributed by atoms with van der Waals surface area (Å²) in [5.41, 5.74) is 3.03. The molecule has 1 aliphatic rings. The minimum Gasteiger partial charge on any atom is -0.376 e. The molecule has 0 aliphatic carbocycles. The predicted octanol–water partition coefficient (Wildman–Crippen LogP) is 3.79. The zero-order valence-corrected chi connectivity index (χ0v) is 18.5. The maximum atomic E-state index is 8.88. The maximum Gasteiger partial charge on any atom is 0.193 e. The van der Waals surface area contributed by atoms with E-state index in [1.807, 2.05) is 49.5 Å². The van der Waals surface area contributed by atoms with Gasteiger partial charge in [0.25, 0.3) is 0 Å². The smallest absolute Gasteiger partial charge is 0.193 e. The van der Waals surface area contributed by atoms with Gasteiger partial charge in [-0.25, -0.2) is 0 Å². The van der Waals surface area contributed by atoms with Crippen molar-refractivity contribution in [3.63, 3.8) is 0 Å². The van der Waals surface area contributed by atoms with Crippen LogP contribution in [0.5, 0.6) is 0 Å². The van der Waals surface area contributed by atoms with Crippen molar-refractivity contribution in [3.8, 4) is 6.07 Å². The summed E-state index contributed by atoms with van der Waals surface area (Å²) in [5.74, 6) is 1.45. The molecule has 0 radical (unpaired) electrons. The Morgan fingerprint density at radius 2 is 1.93 bits per heavy atom. The van der Waals surface area contributed by atoms with Crippen LogP contribution in [0.4, 0.5) is 0 Å². The number of likely N-dealkylation sites (tertiary alicyclic amines) is 1. The van der Waals surface area contributed by atoms with Crippen molar-refractivity contribution in [1.29, 1.82) is 5.26 Å². The number of ether oxygens (including phenoxy) is 1. The van der Waals surface area contributed by atoms with Crippen molar-refractivity contribution in [1.82, 2.24) is 10.2 Å². The van der Waals surface area contributed by atoms with Crippen molar-refractivity contribution in [2.75, 3.05) is 26.7 Å². The van der Waals surface area contributed by atoms with Crippen LogP contribution in [0.2, 0.25) is 0 Å². The number of nitriles is 1. The molecule has 1 saturated heterocycles. The molecule has 1 aliphatic heterocycles. The highest BCUT2D eigenvalue weighted by Gasteiger charge is 2.24. The number of aliphatic imine (C=N–C) groups is 1. The van der Waals surface area contributed by atoms with E-state index in [0.29, 0.717) is 24.6 Å². The molecule has 2 aromatic carbocycles. The van der Waals surface area contributed by atoms with Crippen LogP contribution in [-0.4, -0.2) is 37.6 Å². The SMILES string of the molecule is CN=C(NCc1ccc(C#N)cc1)N1CCC(COCc2ccccc2)C1.I. The van der Waals surface area contributed by atoms with Crippen LogP contribution in [0.25, 0.3) is 0 Å². The van der Waals surface area contributed by atoms with E-state index in [2.05, 4.69) is 33.4 Å². The summed E-state index contributed by atoms with van der Waals surface area (Å²) < 4.78 is 5.90. The van der Waals surface area contributed by atoms with Crippen LogP contribution in [0.1, 0.15) is 23.1 Å². The Morgan fingerprint density at radius 1 is 1.18 bits per heavy atom. The molecule has 2 aromatic rings. The van der Waals surface area contributed by atoms with Gasteiger partial charge in [-0.05, 0) is 29.7 Å². The maximum absolute atomic E-state index is 8.88. The van der Waals surface area contributed by atoms with Gasteiger partial charge in [0.15, 0.2) is 5.96 Å². The number of halogens is 1. The first-order valence-electron chi connectivity index (χ1n) is 9.35. The molecule has 0 saturated carbocycles. The standard InChI is InChI=1S/C22H26N4O.HI/c1-24-22(25-14-19-9-7-18(13-23)8-10-19)26-12-11-21(15-26)17-27-16-20-5-3-2-4-6-20;/h2-10,21H,11-12,14-17H2,1H3,(H,24,25);1H. The second kappa shape index (κ2) is 11.7. The Balaban J connectivity index is 0.00000280. The minimum absolute atomic E-state index is 0. The van der Waals surface area contributed by atoms with Gasteiger partial charge in [-0.3, -0.25) is 4.99 Å².